The van der Waals surface area contributed by atoms with Gasteiger partial charge in [-0.25, -0.2) is 0 Å². The molecule has 0 aliphatic carbocycles. The van der Waals surface area contributed by atoms with Crippen molar-refractivity contribution in [2.75, 3.05) is 26.3 Å². The third-order valence-corrected chi connectivity index (χ3v) is 8.18. The lowest BCUT2D eigenvalue weighted by Gasteiger charge is -2.34. The maximum Gasteiger partial charge on any atom is 0.0924 e. The molecule has 18 heavy (non-hydrogen) atoms. The zero-order valence-electron chi connectivity index (χ0n) is 10.9. The van der Waals surface area contributed by atoms with Gasteiger partial charge in [0.25, 0.3) is 0 Å². The van der Waals surface area contributed by atoms with Crippen molar-refractivity contribution >= 4 is 34.8 Å². The van der Waals surface area contributed by atoms with Crippen LogP contribution in [0.3, 0.4) is 0 Å². The summed E-state index contributed by atoms with van der Waals surface area (Å²) in [5, 5.41) is -0.702. The lowest BCUT2D eigenvalue weighted by atomic mass is 10.0. The van der Waals surface area contributed by atoms with E-state index < -0.39 is 5.39 Å². The quantitative estimate of drug-likeness (QED) is 0.681. The number of benzene rings is 1. The molecule has 5 heteroatoms. The van der Waals surface area contributed by atoms with Crippen molar-refractivity contribution in [3.63, 3.8) is 0 Å². The first-order chi connectivity index (χ1) is 8.51. The van der Waals surface area contributed by atoms with Gasteiger partial charge in [-0.1, -0.05) is 49.9 Å². The van der Waals surface area contributed by atoms with Crippen LogP contribution in [0.15, 0.2) is 24.3 Å². The predicted octanol–water partition coefficient (Wildman–Crippen LogP) is 3.01. The van der Waals surface area contributed by atoms with Crippen LogP contribution in [-0.2, 0) is 16.5 Å². The monoisotopic (exact) mass is 301 g/mol. The number of nitrogens with zero attached hydrogens (tertiary/aromatic N) is 1. The van der Waals surface area contributed by atoms with Crippen molar-refractivity contribution in [2.45, 2.75) is 19.8 Å². The minimum atomic E-state index is -1.89. The van der Waals surface area contributed by atoms with Crippen molar-refractivity contribution in [1.29, 1.82) is 0 Å². The number of morpholine rings is 1. The number of thiol groups is 1. The van der Waals surface area contributed by atoms with Gasteiger partial charge in [0.1, 0.15) is 0 Å². The number of hydrogen-bond donors (Lipinski definition) is 1. The third kappa shape index (κ3) is 3.17. The first-order valence-electron chi connectivity index (χ1n) is 6.28. The fourth-order valence-corrected chi connectivity index (χ4v) is 5.40. The molecule has 0 radical (unpaired) electrons. The zero-order valence-corrected chi connectivity index (χ0v) is 13.5. The van der Waals surface area contributed by atoms with Crippen molar-refractivity contribution in [3.05, 3.63) is 29.8 Å². The summed E-state index contributed by atoms with van der Waals surface area (Å²) in [6, 6.07) is 8.66. The molecule has 2 nitrogen and oxygen atoms in total. The predicted molar refractivity (Wildman–Crippen MR) is 85.8 cm³/mol. The van der Waals surface area contributed by atoms with Crippen LogP contribution >= 0.6 is 17.6 Å². The molecule has 1 saturated heterocycles. The maximum atomic E-state index is 5.78. The summed E-state index contributed by atoms with van der Waals surface area (Å²) < 4.78 is 7.68. The van der Waals surface area contributed by atoms with Crippen molar-refractivity contribution in [1.82, 2.24) is 4.67 Å². The van der Waals surface area contributed by atoms with E-state index >= 15 is 0 Å². The average Bonchev–Trinajstić information content (AvgIpc) is 2.40. The Kier molecular flexibility index (Phi) is 4.90. The van der Waals surface area contributed by atoms with E-state index in [9.17, 15) is 0 Å². The molecule has 1 atom stereocenters. The van der Waals surface area contributed by atoms with Gasteiger partial charge in [0.2, 0.25) is 0 Å². The van der Waals surface area contributed by atoms with Crippen LogP contribution in [0, 0.1) is 0 Å². The molecule has 2 rings (SSSR count). The van der Waals surface area contributed by atoms with E-state index in [0.29, 0.717) is 5.92 Å². The van der Waals surface area contributed by atoms with Crippen molar-refractivity contribution in [2.24, 2.45) is 0 Å². The van der Waals surface area contributed by atoms with Crippen LogP contribution in [-0.4, -0.2) is 31.0 Å². The molecule has 0 aromatic heterocycles. The van der Waals surface area contributed by atoms with Crippen LogP contribution in [0.1, 0.15) is 25.3 Å². The molecular formula is C13H20NOPS2. The summed E-state index contributed by atoms with van der Waals surface area (Å²) in [5.74, 6) is 0.556. The Labute approximate surface area is 120 Å². The van der Waals surface area contributed by atoms with E-state index in [-0.39, 0.29) is 0 Å². The number of ether oxygens (including phenoxy) is 1. The van der Waals surface area contributed by atoms with E-state index in [1.165, 1.54) is 10.9 Å². The molecule has 100 valence electrons. The van der Waals surface area contributed by atoms with Gasteiger partial charge in [-0.2, -0.15) is 0 Å². The molecule has 0 bridgehead atoms. The highest BCUT2D eigenvalue weighted by atomic mass is 32.9. The second kappa shape index (κ2) is 6.06. The fraction of sp³-hybridized carbons (Fsp3) is 0.538. The van der Waals surface area contributed by atoms with Crippen LogP contribution in [0.4, 0.5) is 0 Å². The van der Waals surface area contributed by atoms with E-state index in [0.717, 1.165) is 26.3 Å². The van der Waals surface area contributed by atoms with Crippen LogP contribution in [0.2, 0.25) is 0 Å². The molecule has 0 N–H and O–H groups in total. The third-order valence-electron chi connectivity index (χ3n) is 3.27. The number of hydrogen-bond acceptors (Lipinski definition) is 2. The first kappa shape index (κ1) is 14.5. The first-order valence-corrected chi connectivity index (χ1v) is 10.2. The van der Waals surface area contributed by atoms with Gasteiger partial charge < -0.3 is 4.74 Å². The highest BCUT2D eigenvalue weighted by Gasteiger charge is 2.25. The fourth-order valence-electron chi connectivity index (χ4n) is 2.04. The Morgan fingerprint density at radius 3 is 2.28 bits per heavy atom. The van der Waals surface area contributed by atoms with Gasteiger partial charge >= 0.3 is 0 Å². The van der Waals surface area contributed by atoms with E-state index in [1.54, 1.807) is 0 Å². The maximum absolute atomic E-state index is 5.78. The number of rotatable bonds is 3. The second-order valence-electron chi connectivity index (χ2n) is 4.86. The molecule has 1 aliphatic rings. The van der Waals surface area contributed by atoms with Gasteiger partial charge in [-0.05, 0) is 11.5 Å². The van der Waals surface area contributed by atoms with Crippen molar-refractivity contribution < 1.29 is 4.74 Å². The lowest BCUT2D eigenvalue weighted by molar-refractivity contribution is 0.0758. The Morgan fingerprint density at radius 2 is 1.78 bits per heavy atom. The van der Waals surface area contributed by atoms with Crippen LogP contribution in [0.25, 0.3) is 0 Å². The van der Waals surface area contributed by atoms with Gasteiger partial charge in [-0.3, -0.25) is 4.67 Å². The Morgan fingerprint density at radius 1 is 1.22 bits per heavy atom. The molecule has 0 saturated carbocycles. The van der Waals surface area contributed by atoms with Gasteiger partial charge in [-0.15, -0.1) is 12.2 Å². The zero-order chi connectivity index (χ0) is 13.2. The summed E-state index contributed by atoms with van der Waals surface area (Å²) in [6.07, 6.45) is 0. The second-order valence-corrected chi connectivity index (χ2v) is 11.2. The molecule has 1 fully saturated rings. The summed E-state index contributed by atoms with van der Waals surface area (Å²) in [5.41, 5.74) is 1.35. The minimum Gasteiger partial charge on any atom is -0.379 e. The molecule has 1 heterocycles. The molecule has 1 aromatic rings. The SMILES string of the molecule is CC(C)c1ccc(P(=S)(S)N2CCOCC2)cc1. The molecule has 1 unspecified atom stereocenters. The van der Waals surface area contributed by atoms with Gasteiger partial charge in [0, 0.05) is 18.4 Å². The molecule has 1 aromatic carbocycles. The Balaban J connectivity index is 2.20. The smallest absolute Gasteiger partial charge is 0.0924 e. The van der Waals surface area contributed by atoms with E-state index in [1.807, 2.05) is 0 Å². The van der Waals surface area contributed by atoms with Crippen molar-refractivity contribution in [3.8, 4) is 0 Å². The summed E-state index contributed by atoms with van der Waals surface area (Å²) >= 11 is 10.6. The van der Waals surface area contributed by atoms with Gasteiger partial charge in [0.05, 0.1) is 18.6 Å². The lowest BCUT2D eigenvalue weighted by Crippen LogP contribution is -2.35. The highest BCUT2D eigenvalue weighted by molar-refractivity contribution is 8.65. The summed E-state index contributed by atoms with van der Waals surface area (Å²) in [7, 11) is 0. The van der Waals surface area contributed by atoms with E-state index in [2.05, 4.69) is 42.8 Å². The average molecular weight is 301 g/mol. The van der Waals surface area contributed by atoms with Gasteiger partial charge in [0.15, 0.2) is 0 Å². The van der Waals surface area contributed by atoms with Crippen LogP contribution in [0.5, 0.6) is 0 Å². The Bertz CT molecular complexity index is 441. The summed E-state index contributed by atoms with van der Waals surface area (Å²) in [6.45, 7) is 7.73. The largest absolute Gasteiger partial charge is 0.379 e. The van der Waals surface area contributed by atoms with E-state index in [4.69, 9.17) is 28.8 Å². The Hall–Kier alpha value is 0.140. The molecule has 0 spiro atoms. The molecule has 1 aliphatic heterocycles. The van der Waals surface area contributed by atoms with Crippen LogP contribution < -0.4 is 5.30 Å². The minimum absolute atomic E-state index is 0.556. The molecular weight excluding hydrogens is 281 g/mol. The highest BCUT2D eigenvalue weighted by Crippen LogP contribution is 2.53. The summed E-state index contributed by atoms with van der Waals surface area (Å²) in [4.78, 5) is 0. The normalized spacial score (nSPS) is 20.9. The molecule has 0 amide bonds. The standard InChI is InChI=1S/C13H20NOPS2/c1-11(2)12-3-5-13(6-4-12)16(17,18)14-7-9-15-10-8-14/h3-6,11H,7-10H2,1-2H3,(H,17,18). The topological polar surface area (TPSA) is 12.5 Å².